The van der Waals surface area contributed by atoms with E-state index in [9.17, 15) is 4.39 Å². The molecule has 1 fully saturated rings. The average molecular weight is 105 g/mol. The van der Waals surface area contributed by atoms with Gasteiger partial charge >= 0.3 is 0 Å². The van der Waals surface area contributed by atoms with Gasteiger partial charge in [0, 0.05) is 6.54 Å². The fraction of sp³-hybridized carbons (Fsp3) is 1.00. The molecular formula is C5H12FN. The molecule has 1 saturated heterocycles. The zero-order valence-corrected chi connectivity index (χ0v) is 3.58. The van der Waals surface area contributed by atoms with Gasteiger partial charge in [-0.15, -0.1) is 0 Å². The number of hydrogen-bond donors (Lipinski definition) is 1. The Bertz CT molecular complexity index is 41.3. The lowest BCUT2D eigenvalue weighted by Gasteiger charge is -1.86. The molecule has 1 N–H and O–H groups in total. The Morgan fingerprint density at radius 3 is 2.43 bits per heavy atom. The highest BCUT2D eigenvalue weighted by atomic mass is 19.1. The van der Waals surface area contributed by atoms with Crippen molar-refractivity contribution in [2.24, 2.45) is 0 Å². The van der Waals surface area contributed by atoms with Crippen molar-refractivity contribution in [1.82, 2.24) is 5.32 Å². The summed E-state index contributed by atoms with van der Waals surface area (Å²) in [4.78, 5) is 0. The third-order valence-electron chi connectivity index (χ3n) is 1.00. The summed E-state index contributed by atoms with van der Waals surface area (Å²) in [6.45, 7) is 1.43. The number of rotatable bonds is 0. The minimum Gasteiger partial charge on any atom is -0.314 e. The van der Waals surface area contributed by atoms with Crippen molar-refractivity contribution in [1.29, 1.82) is 0 Å². The van der Waals surface area contributed by atoms with Crippen LogP contribution in [0.1, 0.15) is 13.8 Å². The highest BCUT2D eigenvalue weighted by Crippen LogP contribution is 1.99. The fourth-order valence-electron chi connectivity index (χ4n) is 0.619. The molecule has 1 heterocycles. The van der Waals surface area contributed by atoms with Gasteiger partial charge in [0.05, 0.1) is 0 Å². The summed E-state index contributed by atoms with van der Waals surface area (Å²) in [6, 6.07) is 0. The van der Waals surface area contributed by atoms with E-state index < -0.39 is 6.17 Å². The minimum absolute atomic E-state index is 0. The molecule has 7 heavy (non-hydrogen) atoms. The van der Waals surface area contributed by atoms with E-state index in [1.807, 2.05) is 0 Å². The van der Waals surface area contributed by atoms with E-state index in [0.717, 1.165) is 6.54 Å². The summed E-state index contributed by atoms with van der Waals surface area (Å²) in [6.07, 6.45) is 0.144. The molecule has 0 bridgehead atoms. The van der Waals surface area contributed by atoms with E-state index in [4.69, 9.17) is 0 Å². The Morgan fingerprint density at radius 1 is 1.57 bits per heavy atom. The lowest BCUT2D eigenvalue weighted by molar-refractivity contribution is 0.361. The van der Waals surface area contributed by atoms with Crippen LogP contribution in [0.25, 0.3) is 0 Å². The molecule has 1 atom stereocenters. The van der Waals surface area contributed by atoms with E-state index in [-0.39, 0.29) is 7.43 Å². The second-order valence-electron chi connectivity index (χ2n) is 1.59. The molecule has 0 aromatic rings. The maximum atomic E-state index is 11.9. The molecule has 44 valence electrons. The molecule has 0 saturated carbocycles. The zero-order valence-electron chi connectivity index (χ0n) is 3.58. The summed E-state index contributed by atoms with van der Waals surface area (Å²) in [5, 5.41) is 2.90. The molecule has 0 spiro atoms. The molecule has 0 unspecified atom stereocenters. The molecule has 2 heteroatoms. The monoisotopic (exact) mass is 105 g/mol. The lowest BCUT2D eigenvalue weighted by Crippen LogP contribution is -2.08. The van der Waals surface area contributed by atoms with Gasteiger partial charge in [0.2, 0.25) is 0 Å². The van der Waals surface area contributed by atoms with Crippen LogP contribution < -0.4 is 5.32 Å². The van der Waals surface area contributed by atoms with Crippen LogP contribution in [0.4, 0.5) is 4.39 Å². The normalized spacial score (nSPS) is 29.6. The Hall–Kier alpha value is -0.110. The predicted octanol–water partition coefficient (Wildman–Crippen LogP) is 0.954. The molecular weight excluding hydrogens is 93.1 g/mol. The number of halogens is 1. The van der Waals surface area contributed by atoms with Crippen molar-refractivity contribution in [3.8, 4) is 0 Å². The van der Waals surface area contributed by atoms with Gasteiger partial charge in [0.25, 0.3) is 0 Å². The Labute approximate surface area is 43.9 Å². The van der Waals surface area contributed by atoms with Crippen LogP contribution in [0.5, 0.6) is 0 Å². The largest absolute Gasteiger partial charge is 0.314 e. The van der Waals surface area contributed by atoms with E-state index in [0.29, 0.717) is 13.0 Å². The lowest BCUT2D eigenvalue weighted by atomic mass is 10.4. The third-order valence-corrected chi connectivity index (χ3v) is 1.00. The summed E-state index contributed by atoms with van der Waals surface area (Å²) in [5.41, 5.74) is 0. The van der Waals surface area contributed by atoms with Crippen LogP contribution >= 0.6 is 0 Å². The minimum atomic E-state index is -0.565. The molecule has 1 nitrogen and oxygen atoms in total. The van der Waals surface area contributed by atoms with Crippen LogP contribution in [0, 0.1) is 0 Å². The van der Waals surface area contributed by atoms with Crippen molar-refractivity contribution >= 4 is 0 Å². The molecule has 1 rings (SSSR count). The van der Waals surface area contributed by atoms with Crippen LogP contribution in [0.3, 0.4) is 0 Å². The van der Waals surface area contributed by atoms with E-state index in [1.165, 1.54) is 0 Å². The van der Waals surface area contributed by atoms with Gasteiger partial charge in [0.15, 0.2) is 0 Å². The number of hydrogen-bond acceptors (Lipinski definition) is 1. The highest BCUT2D eigenvalue weighted by Gasteiger charge is 2.10. The van der Waals surface area contributed by atoms with Crippen LogP contribution in [-0.2, 0) is 0 Å². The van der Waals surface area contributed by atoms with E-state index in [1.54, 1.807) is 0 Å². The van der Waals surface area contributed by atoms with Gasteiger partial charge in [-0.25, -0.2) is 4.39 Å². The van der Waals surface area contributed by atoms with Gasteiger partial charge in [-0.05, 0) is 13.0 Å². The smallest absolute Gasteiger partial charge is 0.114 e. The zero-order chi connectivity index (χ0) is 4.41. The van der Waals surface area contributed by atoms with Crippen LogP contribution in [0.15, 0.2) is 0 Å². The second-order valence-corrected chi connectivity index (χ2v) is 1.59. The first-order chi connectivity index (χ1) is 2.89. The Balaban J connectivity index is 0.000000360. The maximum absolute atomic E-state index is 11.9. The summed E-state index contributed by atoms with van der Waals surface area (Å²) < 4.78 is 11.9. The first-order valence-corrected chi connectivity index (χ1v) is 2.24. The molecule has 0 aromatic carbocycles. The standard InChI is InChI=1S/C4H8FN.CH4/c5-4-1-2-6-3-4;/h4,6H,1-3H2;1H4/t4-;/m1./s1. The highest BCUT2D eigenvalue weighted by molar-refractivity contribution is 4.68. The quantitative estimate of drug-likeness (QED) is 0.483. The maximum Gasteiger partial charge on any atom is 0.114 e. The molecule has 0 aliphatic carbocycles. The number of nitrogens with one attached hydrogen (secondary N) is 1. The third kappa shape index (κ3) is 1.88. The van der Waals surface area contributed by atoms with Gasteiger partial charge in [0.1, 0.15) is 6.17 Å². The van der Waals surface area contributed by atoms with Crippen molar-refractivity contribution in [3.63, 3.8) is 0 Å². The van der Waals surface area contributed by atoms with Gasteiger partial charge < -0.3 is 5.32 Å². The van der Waals surface area contributed by atoms with Crippen molar-refractivity contribution in [2.75, 3.05) is 13.1 Å². The average Bonchev–Trinajstić information content (AvgIpc) is 1.86. The van der Waals surface area contributed by atoms with E-state index in [2.05, 4.69) is 5.32 Å². The second kappa shape index (κ2) is 2.97. The topological polar surface area (TPSA) is 12.0 Å². The fourth-order valence-corrected chi connectivity index (χ4v) is 0.619. The Morgan fingerprint density at radius 2 is 2.29 bits per heavy atom. The van der Waals surface area contributed by atoms with Crippen LogP contribution in [0.2, 0.25) is 0 Å². The van der Waals surface area contributed by atoms with Gasteiger partial charge in [-0.1, -0.05) is 7.43 Å². The first kappa shape index (κ1) is 6.89. The molecule has 1 aliphatic rings. The molecule has 1 aliphatic heterocycles. The summed E-state index contributed by atoms with van der Waals surface area (Å²) >= 11 is 0. The van der Waals surface area contributed by atoms with Gasteiger partial charge in [-0.3, -0.25) is 0 Å². The summed E-state index contributed by atoms with van der Waals surface area (Å²) in [7, 11) is 0. The molecule has 0 radical (unpaired) electrons. The molecule has 0 amide bonds. The number of alkyl halides is 1. The van der Waals surface area contributed by atoms with E-state index >= 15 is 0 Å². The van der Waals surface area contributed by atoms with Crippen molar-refractivity contribution in [2.45, 2.75) is 20.0 Å². The summed E-state index contributed by atoms with van der Waals surface area (Å²) in [5.74, 6) is 0. The predicted molar refractivity (Wildman–Crippen MR) is 29.1 cm³/mol. The van der Waals surface area contributed by atoms with Crippen molar-refractivity contribution in [3.05, 3.63) is 0 Å². The Kier molecular flexibility index (Phi) is 2.92. The van der Waals surface area contributed by atoms with Crippen molar-refractivity contribution < 1.29 is 4.39 Å². The SMILES string of the molecule is C.F[C@@H]1CCNC1. The first-order valence-electron chi connectivity index (χ1n) is 2.24. The van der Waals surface area contributed by atoms with Crippen LogP contribution in [-0.4, -0.2) is 19.3 Å². The molecule has 0 aromatic heterocycles. The van der Waals surface area contributed by atoms with Gasteiger partial charge in [-0.2, -0.15) is 0 Å².